The zero-order valence-electron chi connectivity index (χ0n) is 11.2. The SMILES string of the molecule is CC(C)(C)[Si](C)(C)OCCC1(C(N)=O)CC1. The summed E-state index contributed by atoms with van der Waals surface area (Å²) in [6.45, 7) is 11.8. The van der Waals surface area contributed by atoms with Gasteiger partial charge in [0, 0.05) is 6.61 Å². The molecule has 1 rings (SSSR count). The average Bonchev–Trinajstić information content (AvgIpc) is 2.82. The van der Waals surface area contributed by atoms with Crippen LogP contribution >= 0.6 is 0 Å². The van der Waals surface area contributed by atoms with E-state index in [9.17, 15) is 4.79 Å². The molecule has 1 aliphatic carbocycles. The normalized spacial score (nSPS) is 19.6. The van der Waals surface area contributed by atoms with E-state index in [4.69, 9.17) is 10.2 Å². The Labute approximate surface area is 99.9 Å². The molecule has 0 aromatic carbocycles. The summed E-state index contributed by atoms with van der Waals surface area (Å²) >= 11 is 0. The summed E-state index contributed by atoms with van der Waals surface area (Å²) < 4.78 is 6.05. The van der Waals surface area contributed by atoms with Gasteiger partial charge in [0.2, 0.25) is 5.91 Å². The molecule has 0 spiro atoms. The van der Waals surface area contributed by atoms with Crippen molar-refractivity contribution in [2.24, 2.45) is 11.1 Å². The molecule has 1 aliphatic rings. The van der Waals surface area contributed by atoms with Gasteiger partial charge in [0.1, 0.15) is 0 Å². The van der Waals surface area contributed by atoms with Crippen LogP contribution < -0.4 is 5.73 Å². The van der Waals surface area contributed by atoms with Crippen LogP contribution in [-0.2, 0) is 9.22 Å². The van der Waals surface area contributed by atoms with Gasteiger partial charge in [-0.25, -0.2) is 0 Å². The number of primary amides is 1. The zero-order chi connectivity index (χ0) is 12.6. The van der Waals surface area contributed by atoms with Crippen molar-refractivity contribution < 1.29 is 9.22 Å². The lowest BCUT2D eigenvalue weighted by Crippen LogP contribution is -2.41. The standard InChI is InChI=1S/C12H25NO2Si/c1-11(2,3)16(4,5)15-9-8-12(6-7-12)10(13)14/h6-9H2,1-5H3,(H2,13,14). The largest absolute Gasteiger partial charge is 0.417 e. The number of hydrogen-bond donors (Lipinski definition) is 1. The van der Waals surface area contributed by atoms with Crippen LogP contribution in [0.15, 0.2) is 0 Å². The first-order valence-corrected chi connectivity index (χ1v) is 8.95. The first kappa shape index (κ1) is 13.7. The van der Waals surface area contributed by atoms with Crippen LogP contribution in [0.3, 0.4) is 0 Å². The number of carbonyl (C=O) groups excluding carboxylic acids is 1. The van der Waals surface area contributed by atoms with Crippen molar-refractivity contribution in [3.05, 3.63) is 0 Å². The van der Waals surface area contributed by atoms with E-state index in [0.29, 0.717) is 6.61 Å². The predicted molar refractivity (Wildman–Crippen MR) is 68.6 cm³/mol. The Bertz CT molecular complexity index is 277. The molecule has 0 heterocycles. The summed E-state index contributed by atoms with van der Waals surface area (Å²) in [4.78, 5) is 11.2. The van der Waals surface area contributed by atoms with E-state index in [-0.39, 0.29) is 16.4 Å². The maximum Gasteiger partial charge on any atom is 0.223 e. The summed E-state index contributed by atoms with van der Waals surface area (Å²) in [5.74, 6) is -0.147. The molecule has 94 valence electrons. The van der Waals surface area contributed by atoms with E-state index < -0.39 is 8.32 Å². The molecule has 0 bridgehead atoms. The van der Waals surface area contributed by atoms with Crippen molar-refractivity contribution in [1.82, 2.24) is 0 Å². The number of hydrogen-bond acceptors (Lipinski definition) is 2. The lowest BCUT2D eigenvalue weighted by molar-refractivity contribution is -0.123. The predicted octanol–water partition coefficient (Wildman–Crippen LogP) is 2.66. The van der Waals surface area contributed by atoms with Gasteiger partial charge in [-0.3, -0.25) is 4.79 Å². The van der Waals surface area contributed by atoms with Gasteiger partial charge < -0.3 is 10.2 Å². The monoisotopic (exact) mass is 243 g/mol. The molecule has 1 amide bonds. The van der Waals surface area contributed by atoms with Gasteiger partial charge in [0.05, 0.1) is 5.41 Å². The molecule has 4 heteroatoms. The molecule has 0 radical (unpaired) electrons. The molecule has 0 aromatic rings. The molecule has 0 saturated heterocycles. The van der Waals surface area contributed by atoms with Crippen LogP contribution in [0, 0.1) is 5.41 Å². The smallest absolute Gasteiger partial charge is 0.223 e. The molecule has 16 heavy (non-hydrogen) atoms. The topological polar surface area (TPSA) is 52.3 Å². The number of nitrogens with two attached hydrogens (primary N) is 1. The van der Waals surface area contributed by atoms with Crippen molar-refractivity contribution in [2.45, 2.75) is 58.2 Å². The lowest BCUT2D eigenvalue weighted by atomic mass is 10.0. The summed E-state index contributed by atoms with van der Waals surface area (Å²) in [5, 5.41) is 0.233. The molecule has 0 aliphatic heterocycles. The maximum atomic E-state index is 11.2. The van der Waals surface area contributed by atoms with Crippen LogP contribution in [0.1, 0.15) is 40.0 Å². The Kier molecular flexibility index (Phi) is 3.55. The number of rotatable bonds is 5. The number of amides is 1. The van der Waals surface area contributed by atoms with Gasteiger partial charge in [-0.1, -0.05) is 20.8 Å². The third-order valence-corrected chi connectivity index (χ3v) is 8.76. The van der Waals surface area contributed by atoms with Crippen molar-refractivity contribution >= 4 is 14.2 Å². The Balaban J connectivity index is 2.39. The van der Waals surface area contributed by atoms with Crippen LogP contribution in [0.5, 0.6) is 0 Å². The van der Waals surface area contributed by atoms with E-state index in [1.54, 1.807) is 0 Å². The van der Waals surface area contributed by atoms with E-state index in [1.165, 1.54) is 0 Å². The minimum Gasteiger partial charge on any atom is -0.417 e. The van der Waals surface area contributed by atoms with Crippen molar-refractivity contribution in [3.8, 4) is 0 Å². The maximum absolute atomic E-state index is 11.2. The molecule has 0 unspecified atom stereocenters. The highest BCUT2D eigenvalue weighted by molar-refractivity contribution is 6.74. The minimum atomic E-state index is -1.66. The zero-order valence-corrected chi connectivity index (χ0v) is 12.2. The molecular formula is C12H25NO2Si. The summed E-state index contributed by atoms with van der Waals surface area (Å²) in [6, 6.07) is 0. The fraction of sp³-hybridized carbons (Fsp3) is 0.917. The highest BCUT2D eigenvalue weighted by Gasteiger charge is 2.48. The van der Waals surface area contributed by atoms with E-state index >= 15 is 0 Å². The summed E-state index contributed by atoms with van der Waals surface area (Å²) in [7, 11) is -1.66. The van der Waals surface area contributed by atoms with Crippen molar-refractivity contribution in [3.63, 3.8) is 0 Å². The van der Waals surface area contributed by atoms with Crippen molar-refractivity contribution in [1.29, 1.82) is 0 Å². The molecule has 0 atom stereocenters. The minimum absolute atomic E-state index is 0.147. The third kappa shape index (κ3) is 2.86. The van der Waals surface area contributed by atoms with Crippen LogP contribution in [0.25, 0.3) is 0 Å². The highest BCUT2D eigenvalue weighted by Crippen LogP contribution is 2.48. The lowest BCUT2D eigenvalue weighted by Gasteiger charge is -2.36. The Morgan fingerprint density at radius 1 is 1.38 bits per heavy atom. The van der Waals surface area contributed by atoms with Crippen LogP contribution in [0.2, 0.25) is 18.1 Å². The Morgan fingerprint density at radius 3 is 2.19 bits per heavy atom. The molecule has 1 saturated carbocycles. The van der Waals surface area contributed by atoms with Gasteiger partial charge in [0.15, 0.2) is 8.32 Å². The fourth-order valence-electron chi connectivity index (χ4n) is 1.49. The highest BCUT2D eigenvalue weighted by atomic mass is 28.4. The summed E-state index contributed by atoms with van der Waals surface area (Å²) in [5.41, 5.74) is 5.17. The van der Waals surface area contributed by atoms with E-state index in [0.717, 1.165) is 19.3 Å². The molecule has 1 fully saturated rings. The fourth-order valence-corrected chi connectivity index (χ4v) is 2.53. The molecule has 0 aromatic heterocycles. The Hall–Kier alpha value is -0.353. The average molecular weight is 243 g/mol. The second-order valence-corrected chi connectivity index (χ2v) is 11.3. The second-order valence-electron chi connectivity index (χ2n) is 6.50. The van der Waals surface area contributed by atoms with E-state index in [1.807, 2.05) is 0 Å². The van der Waals surface area contributed by atoms with Gasteiger partial charge in [-0.05, 0) is 37.4 Å². The van der Waals surface area contributed by atoms with Gasteiger partial charge in [-0.2, -0.15) is 0 Å². The van der Waals surface area contributed by atoms with Gasteiger partial charge in [-0.15, -0.1) is 0 Å². The van der Waals surface area contributed by atoms with Crippen molar-refractivity contribution in [2.75, 3.05) is 6.61 Å². The first-order valence-electron chi connectivity index (χ1n) is 6.05. The van der Waals surface area contributed by atoms with Gasteiger partial charge in [0.25, 0.3) is 0 Å². The molecule has 2 N–H and O–H groups in total. The first-order chi connectivity index (χ1) is 7.11. The third-order valence-electron chi connectivity index (χ3n) is 4.23. The van der Waals surface area contributed by atoms with Crippen LogP contribution in [-0.4, -0.2) is 20.8 Å². The summed E-state index contributed by atoms with van der Waals surface area (Å²) in [6.07, 6.45) is 2.70. The molecule has 3 nitrogen and oxygen atoms in total. The van der Waals surface area contributed by atoms with Crippen LogP contribution in [0.4, 0.5) is 0 Å². The second kappa shape index (κ2) is 4.15. The molecular weight excluding hydrogens is 218 g/mol. The number of carbonyl (C=O) groups is 1. The van der Waals surface area contributed by atoms with E-state index in [2.05, 4.69) is 33.9 Å². The Morgan fingerprint density at radius 2 is 1.88 bits per heavy atom. The van der Waals surface area contributed by atoms with Gasteiger partial charge >= 0.3 is 0 Å². The quantitative estimate of drug-likeness (QED) is 0.755.